The third-order valence-corrected chi connectivity index (χ3v) is 4.80. The third-order valence-electron chi connectivity index (χ3n) is 4.80. The molecule has 1 aromatic carbocycles. The maximum Gasteiger partial charge on any atom is 0.191 e. The Morgan fingerprint density at radius 2 is 1.90 bits per heavy atom. The number of aryl methyl sites for hydroxylation is 2. The number of halogens is 1. The minimum atomic E-state index is 0. The first kappa shape index (κ1) is 22.0. The van der Waals surface area contributed by atoms with Crippen LogP contribution in [0.25, 0.3) is 16.7 Å². The van der Waals surface area contributed by atoms with E-state index in [1.165, 1.54) is 5.52 Å². The van der Waals surface area contributed by atoms with Crippen molar-refractivity contribution in [3.63, 3.8) is 0 Å². The summed E-state index contributed by atoms with van der Waals surface area (Å²) in [5.41, 5.74) is 3.07. The number of rotatable bonds is 7. The van der Waals surface area contributed by atoms with Crippen LogP contribution in [0.1, 0.15) is 25.0 Å². The van der Waals surface area contributed by atoms with Crippen molar-refractivity contribution in [1.29, 1.82) is 0 Å². The van der Waals surface area contributed by atoms with Gasteiger partial charge in [-0.15, -0.1) is 34.2 Å². The molecule has 0 fully saturated rings. The zero-order valence-corrected chi connectivity index (χ0v) is 19.6. The Bertz CT molecular complexity index is 1130. The first-order chi connectivity index (χ1) is 14.3. The molecular weight excluding hydrogens is 491 g/mol. The molecule has 0 aliphatic rings. The first-order valence-electron chi connectivity index (χ1n) is 9.99. The highest BCUT2D eigenvalue weighted by molar-refractivity contribution is 14.0. The van der Waals surface area contributed by atoms with E-state index in [0.717, 1.165) is 54.8 Å². The maximum atomic E-state index is 4.66. The molecule has 0 bridgehead atoms. The number of nitrogens with zero attached hydrogens (tertiary/aromatic N) is 6. The van der Waals surface area contributed by atoms with Crippen LogP contribution in [0.2, 0.25) is 0 Å². The lowest BCUT2D eigenvalue weighted by molar-refractivity contribution is 0.624. The van der Waals surface area contributed by atoms with Gasteiger partial charge in [0, 0.05) is 25.8 Å². The molecule has 0 spiro atoms. The predicted octanol–water partition coefficient (Wildman–Crippen LogP) is 3.15. The van der Waals surface area contributed by atoms with Crippen molar-refractivity contribution >= 4 is 46.6 Å². The monoisotopic (exact) mass is 518 g/mol. The van der Waals surface area contributed by atoms with Crippen molar-refractivity contribution in [2.24, 2.45) is 4.99 Å². The van der Waals surface area contributed by atoms with Gasteiger partial charge in [-0.25, -0.2) is 9.98 Å². The van der Waals surface area contributed by atoms with Crippen LogP contribution in [0.15, 0.2) is 53.7 Å². The molecule has 3 heterocycles. The van der Waals surface area contributed by atoms with Crippen LogP contribution in [0.4, 0.5) is 0 Å². The Balaban J connectivity index is 0.00000256. The van der Waals surface area contributed by atoms with Gasteiger partial charge < -0.3 is 15.2 Å². The highest BCUT2D eigenvalue weighted by atomic mass is 127. The van der Waals surface area contributed by atoms with E-state index >= 15 is 0 Å². The van der Waals surface area contributed by atoms with E-state index in [1.807, 2.05) is 34.9 Å². The summed E-state index contributed by atoms with van der Waals surface area (Å²) in [5.74, 6) is 2.65. The summed E-state index contributed by atoms with van der Waals surface area (Å²) >= 11 is 0. The van der Waals surface area contributed by atoms with E-state index < -0.39 is 0 Å². The van der Waals surface area contributed by atoms with Crippen LogP contribution >= 0.6 is 24.0 Å². The SMILES string of the molecule is CCNC(=NCc1nnc2ccccn12)NCCCn1c(C)nc2ccccc21.I. The number of aromatic nitrogens is 5. The molecular formula is C21H27IN8. The van der Waals surface area contributed by atoms with Crippen molar-refractivity contribution in [2.45, 2.75) is 33.4 Å². The molecule has 0 saturated heterocycles. The van der Waals surface area contributed by atoms with Crippen molar-refractivity contribution < 1.29 is 0 Å². The minimum absolute atomic E-state index is 0. The van der Waals surface area contributed by atoms with Gasteiger partial charge in [0.15, 0.2) is 17.4 Å². The molecule has 3 aromatic heterocycles. The van der Waals surface area contributed by atoms with Crippen molar-refractivity contribution in [3.05, 3.63) is 60.3 Å². The number of aliphatic imine (C=N–C) groups is 1. The Morgan fingerprint density at radius 1 is 1.07 bits per heavy atom. The minimum Gasteiger partial charge on any atom is -0.357 e. The fourth-order valence-electron chi connectivity index (χ4n) is 3.41. The molecule has 9 heteroatoms. The molecule has 0 unspecified atom stereocenters. The van der Waals surface area contributed by atoms with E-state index in [2.05, 4.69) is 67.4 Å². The van der Waals surface area contributed by atoms with E-state index in [1.54, 1.807) is 0 Å². The smallest absolute Gasteiger partial charge is 0.191 e. The van der Waals surface area contributed by atoms with Gasteiger partial charge in [0.2, 0.25) is 0 Å². The van der Waals surface area contributed by atoms with E-state index in [9.17, 15) is 0 Å². The summed E-state index contributed by atoms with van der Waals surface area (Å²) < 4.78 is 4.23. The largest absolute Gasteiger partial charge is 0.357 e. The van der Waals surface area contributed by atoms with Gasteiger partial charge in [-0.3, -0.25) is 4.40 Å². The number of benzene rings is 1. The maximum absolute atomic E-state index is 4.66. The second-order valence-electron chi connectivity index (χ2n) is 6.82. The van der Waals surface area contributed by atoms with Crippen LogP contribution in [0.3, 0.4) is 0 Å². The number of guanidine groups is 1. The number of pyridine rings is 1. The Morgan fingerprint density at radius 3 is 2.77 bits per heavy atom. The molecule has 0 radical (unpaired) electrons. The molecule has 0 amide bonds. The van der Waals surface area contributed by atoms with Gasteiger partial charge in [-0.05, 0) is 44.5 Å². The summed E-state index contributed by atoms with van der Waals surface area (Å²) in [6.45, 7) is 7.11. The molecule has 0 saturated carbocycles. The Labute approximate surface area is 192 Å². The lowest BCUT2D eigenvalue weighted by atomic mass is 10.3. The summed E-state index contributed by atoms with van der Waals surface area (Å²) in [7, 11) is 0. The van der Waals surface area contributed by atoms with Crippen LogP contribution in [-0.2, 0) is 13.1 Å². The van der Waals surface area contributed by atoms with Gasteiger partial charge in [0.25, 0.3) is 0 Å². The summed E-state index contributed by atoms with van der Waals surface area (Å²) in [6.07, 6.45) is 2.93. The van der Waals surface area contributed by atoms with E-state index in [0.29, 0.717) is 6.54 Å². The number of hydrogen-bond acceptors (Lipinski definition) is 4. The van der Waals surface area contributed by atoms with Crippen LogP contribution < -0.4 is 10.6 Å². The predicted molar refractivity (Wildman–Crippen MR) is 130 cm³/mol. The average molecular weight is 518 g/mol. The van der Waals surface area contributed by atoms with Gasteiger partial charge in [0.05, 0.1) is 11.0 Å². The van der Waals surface area contributed by atoms with Gasteiger partial charge in [0.1, 0.15) is 12.4 Å². The second-order valence-corrected chi connectivity index (χ2v) is 6.82. The molecule has 30 heavy (non-hydrogen) atoms. The van der Waals surface area contributed by atoms with Gasteiger partial charge in [-0.1, -0.05) is 18.2 Å². The van der Waals surface area contributed by atoms with Crippen molar-refractivity contribution in [1.82, 2.24) is 34.8 Å². The van der Waals surface area contributed by atoms with E-state index in [4.69, 9.17) is 0 Å². The molecule has 0 aliphatic carbocycles. The number of fused-ring (bicyclic) bond motifs is 2. The molecule has 4 aromatic rings. The standard InChI is InChI=1S/C21H26N8.HI/c1-3-22-21(24-15-20-27-26-19-11-6-7-13-29(19)20)23-12-8-14-28-16(2)25-17-9-4-5-10-18(17)28;/h4-7,9-11,13H,3,8,12,14-15H2,1-2H3,(H2,22,23,24);1H. The van der Waals surface area contributed by atoms with E-state index in [-0.39, 0.29) is 24.0 Å². The fourth-order valence-corrected chi connectivity index (χ4v) is 3.41. The topological polar surface area (TPSA) is 84.4 Å². The van der Waals surface area contributed by atoms with Crippen LogP contribution in [-0.4, -0.2) is 43.2 Å². The van der Waals surface area contributed by atoms with Crippen LogP contribution in [0.5, 0.6) is 0 Å². The summed E-state index contributed by atoms with van der Waals surface area (Å²) in [5, 5.41) is 15.1. The highest BCUT2D eigenvalue weighted by Crippen LogP contribution is 2.15. The van der Waals surface area contributed by atoms with Gasteiger partial charge in [-0.2, -0.15) is 0 Å². The molecule has 158 valence electrons. The molecule has 8 nitrogen and oxygen atoms in total. The number of imidazole rings is 1. The molecule has 2 N–H and O–H groups in total. The number of hydrogen-bond donors (Lipinski definition) is 2. The zero-order chi connectivity index (χ0) is 20.1. The number of para-hydroxylation sites is 2. The molecule has 0 atom stereocenters. The lowest BCUT2D eigenvalue weighted by Gasteiger charge is -2.12. The fraction of sp³-hybridized carbons (Fsp3) is 0.333. The van der Waals surface area contributed by atoms with Crippen molar-refractivity contribution in [2.75, 3.05) is 13.1 Å². The Kier molecular flexibility index (Phi) is 7.61. The second kappa shape index (κ2) is 10.4. The zero-order valence-electron chi connectivity index (χ0n) is 17.2. The molecule has 0 aliphatic heterocycles. The lowest BCUT2D eigenvalue weighted by Crippen LogP contribution is -2.38. The average Bonchev–Trinajstić information content (AvgIpc) is 3.29. The highest BCUT2D eigenvalue weighted by Gasteiger charge is 2.07. The van der Waals surface area contributed by atoms with Crippen LogP contribution in [0, 0.1) is 6.92 Å². The Hall–Kier alpha value is -2.69. The first-order valence-corrected chi connectivity index (χ1v) is 9.99. The quantitative estimate of drug-likeness (QED) is 0.170. The third kappa shape index (κ3) is 4.89. The normalized spacial score (nSPS) is 11.6. The summed E-state index contributed by atoms with van der Waals surface area (Å²) in [6, 6.07) is 14.1. The van der Waals surface area contributed by atoms with Gasteiger partial charge >= 0.3 is 0 Å². The summed E-state index contributed by atoms with van der Waals surface area (Å²) in [4.78, 5) is 9.29. The van der Waals surface area contributed by atoms with Crippen molar-refractivity contribution in [3.8, 4) is 0 Å². The molecule has 4 rings (SSSR count). The number of nitrogens with one attached hydrogen (secondary N) is 2.